The fourth-order valence-corrected chi connectivity index (χ4v) is 3.03. The van der Waals surface area contributed by atoms with E-state index < -0.39 is 23.8 Å². The Morgan fingerprint density at radius 3 is 2.64 bits per heavy atom. The molecule has 0 unspecified atom stereocenters. The van der Waals surface area contributed by atoms with Crippen LogP contribution in [0.1, 0.15) is 6.92 Å². The van der Waals surface area contributed by atoms with Crippen molar-refractivity contribution < 1.29 is 18.8 Å². The third kappa shape index (κ3) is 2.93. The van der Waals surface area contributed by atoms with Crippen molar-refractivity contribution in [1.29, 1.82) is 0 Å². The fraction of sp³-hybridized carbons (Fsp3) is 0.600. The highest BCUT2D eigenvalue weighted by Crippen LogP contribution is 2.12. The number of aromatic amines is 1. The maximum absolute atomic E-state index is 12.8. The second-order valence-corrected chi connectivity index (χ2v) is 5.84. The van der Waals surface area contributed by atoms with Crippen LogP contribution in [0.4, 0.5) is 5.95 Å². The number of nitrogens with zero attached hydrogens (tertiary/aromatic N) is 4. The molecule has 1 aliphatic heterocycles. The summed E-state index contributed by atoms with van der Waals surface area (Å²) in [6.07, 6.45) is 0. The molecule has 2 aromatic heterocycles. The molecule has 10 nitrogen and oxygen atoms in total. The lowest BCUT2D eigenvalue weighted by Crippen LogP contribution is -2.47. The molecule has 0 amide bonds. The second-order valence-electron chi connectivity index (χ2n) is 5.84. The number of esters is 1. The first-order valence-corrected chi connectivity index (χ1v) is 8.15. The van der Waals surface area contributed by atoms with Gasteiger partial charge in [0.15, 0.2) is 0 Å². The average Bonchev–Trinajstić information content (AvgIpc) is 2.95. The number of anilines is 1. The summed E-state index contributed by atoms with van der Waals surface area (Å²) in [6, 6.07) is 0. The van der Waals surface area contributed by atoms with Crippen molar-refractivity contribution in [2.45, 2.75) is 13.5 Å². The van der Waals surface area contributed by atoms with Gasteiger partial charge in [-0.3, -0.25) is 19.1 Å². The maximum Gasteiger partial charge on any atom is 0.359 e. The van der Waals surface area contributed by atoms with Gasteiger partial charge in [0.05, 0.1) is 40.0 Å². The van der Waals surface area contributed by atoms with Crippen molar-refractivity contribution >= 4 is 23.1 Å². The predicted molar refractivity (Wildman–Crippen MR) is 88.6 cm³/mol. The molecular weight excluding hydrogens is 330 g/mol. The Morgan fingerprint density at radius 1 is 1.32 bits per heavy atom. The number of hydrogen-bond acceptors (Lipinski definition) is 6. The number of aryl methyl sites for hydroxylation is 2. The van der Waals surface area contributed by atoms with Crippen LogP contribution in [-0.4, -0.2) is 53.0 Å². The normalized spacial score (nSPS) is 14.9. The quantitative estimate of drug-likeness (QED) is 0.517. The predicted octanol–water partition coefficient (Wildman–Crippen LogP) is -1.75. The van der Waals surface area contributed by atoms with Crippen LogP contribution >= 0.6 is 0 Å². The van der Waals surface area contributed by atoms with Gasteiger partial charge in [-0.1, -0.05) is 0 Å². The number of H-pyrrole nitrogens is 1. The van der Waals surface area contributed by atoms with Gasteiger partial charge >= 0.3 is 17.6 Å². The van der Waals surface area contributed by atoms with Gasteiger partial charge in [0.2, 0.25) is 11.2 Å². The van der Waals surface area contributed by atoms with E-state index in [1.807, 2.05) is 0 Å². The van der Waals surface area contributed by atoms with Crippen molar-refractivity contribution in [3.05, 3.63) is 20.8 Å². The minimum absolute atomic E-state index is 0.190. The van der Waals surface area contributed by atoms with Crippen LogP contribution in [0.5, 0.6) is 0 Å². The SMILES string of the molecule is CCOC(=O)Cn1c(=O)c2c([nH]c(N3CCOCC3)[n+]2C)n(C)c1=O. The first-order chi connectivity index (χ1) is 12.0. The highest BCUT2D eigenvalue weighted by atomic mass is 16.5. The van der Waals surface area contributed by atoms with Crippen molar-refractivity contribution in [3.8, 4) is 0 Å². The minimum atomic E-state index is -0.618. The van der Waals surface area contributed by atoms with Crippen molar-refractivity contribution in [2.75, 3.05) is 37.8 Å². The molecule has 1 N–H and O–H groups in total. The van der Waals surface area contributed by atoms with Gasteiger partial charge in [-0.25, -0.2) is 18.9 Å². The van der Waals surface area contributed by atoms with Gasteiger partial charge in [-0.05, 0) is 6.92 Å². The number of carbonyl (C=O) groups excluding carboxylic acids is 1. The van der Waals surface area contributed by atoms with E-state index in [0.29, 0.717) is 37.5 Å². The van der Waals surface area contributed by atoms with Gasteiger partial charge in [0, 0.05) is 7.05 Å². The summed E-state index contributed by atoms with van der Waals surface area (Å²) in [4.78, 5) is 42.3. The lowest BCUT2D eigenvalue weighted by Gasteiger charge is -2.21. The topological polar surface area (TPSA) is 102 Å². The summed E-state index contributed by atoms with van der Waals surface area (Å²) in [7, 11) is 3.32. The molecule has 2 aromatic rings. The van der Waals surface area contributed by atoms with Gasteiger partial charge in [-0.2, -0.15) is 0 Å². The van der Waals surface area contributed by atoms with Crippen LogP contribution in [0.3, 0.4) is 0 Å². The molecule has 1 saturated heterocycles. The summed E-state index contributed by atoms with van der Waals surface area (Å²) in [5.41, 5.74) is -0.350. The number of fused-ring (bicyclic) bond motifs is 1. The number of imidazole rings is 1. The first-order valence-electron chi connectivity index (χ1n) is 8.15. The van der Waals surface area contributed by atoms with Gasteiger partial charge in [0.1, 0.15) is 6.54 Å². The van der Waals surface area contributed by atoms with Crippen LogP contribution in [0, 0.1) is 0 Å². The van der Waals surface area contributed by atoms with Crippen molar-refractivity contribution in [2.24, 2.45) is 14.1 Å². The molecular formula is C15H22N5O5+. The summed E-state index contributed by atoms with van der Waals surface area (Å²) >= 11 is 0. The summed E-state index contributed by atoms with van der Waals surface area (Å²) in [6.45, 7) is 4.02. The van der Waals surface area contributed by atoms with E-state index in [2.05, 4.69) is 9.88 Å². The van der Waals surface area contributed by atoms with E-state index in [9.17, 15) is 14.4 Å². The Kier molecular flexibility index (Phi) is 4.62. The molecule has 0 saturated carbocycles. The standard InChI is InChI=1S/C15H21N5O5/c1-4-25-10(21)9-20-13(22)11-12(18(3)15(20)23)16-14(17(11)2)19-5-7-24-8-6-19/h4-9H2,1-3H3/p+1. The minimum Gasteiger partial charge on any atom is -0.465 e. The summed E-state index contributed by atoms with van der Waals surface area (Å²) in [5.74, 6) is 0.104. The van der Waals surface area contributed by atoms with Crippen LogP contribution in [0.2, 0.25) is 0 Å². The van der Waals surface area contributed by atoms with Crippen LogP contribution in [-0.2, 0) is 34.9 Å². The Balaban J connectivity index is 2.15. The van der Waals surface area contributed by atoms with Gasteiger partial charge in [-0.15, -0.1) is 0 Å². The van der Waals surface area contributed by atoms with E-state index in [0.717, 1.165) is 10.5 Å². The third-order valence-corrected chi connectivity index (χ3v) is 4.31. The molecule has 1 aliphatic rings. The second kappa shape index (κ2) is 6.71. The number of hydrogen-bond donors (Lipinski definition) is 1. The molecule has 0 spiro atoms. The Morgan fingerprint density at radius 2 is 2.00 bits per heavy atom. The smallest absolute Gasteiger partial charge is 0.359 e. The van der Waals surface area contributed by atoms with Crippen LogP contribution < -0.4 is 20.7 Å². The lowest BCUT2D eigenvalue weighted by molar-refractivity contribution is -0.632. The summed E-state index contributed by atoms with van der Waals surface area (Å²) < 4.78 is 14.2. The number of aromatic nitrogens is 4. The molecule has 0 aliphatic carbocycles. The number of morpholine rings is 1. The zero-order chi connectivity index (χ0) is 18.1. The molecule has 0 aromatic carbocycles. The van der Waals surface area contributed by atoms with E-state index in [4.69, 9.17) is 9.47 Å². The molecule has 3 heterocycles. The molecule has 0 radical (unpaired) electrons. The number of rotatable bonds is 4. The number of ether oxygens (including phenoxy) is 2. The van der Waals surface area contributed by atoms with Crippen molar-refractivity contribution in [3.63, 3.8) is 0 Å². The molecule has 136 valence electrons. The number of carbonyl (C=O) groups is 1. The Labute approximate surface area is 143 Å². The van der Waals surface area contributed by atoms with E-state index in [1.165, 1.54) is 4.57 Å². The van der Waals surface area contributed by atoms with E-state index >= 15 is 0 Å². The largest absolute Gasteiger partial charge is 0.465 e. The van der Waals surface area contributed by atoms with E-state index in [-0.39, 0.29) is 6.61 Å². The monoisotopic (exact) mass is 352 g/mol. The van der Waals surface area contributed by atoms with Gasteiger partial charge in [0.25, 0.3) is 5.56 Å². The highest BCUT2D eigenvalue weighted by Gasteiger charge is 2.28. The maximum atomic E-state index is 12.8. The highest BCUT2D eigenvalue weighted by molar-refractivity contribution is 5.71. The Bertz CT molecular complexity index is 919. The van der Waals surface area contributed by atoms with Crippen LogP contribution in [0.15, 0.2) is 9.59 Å². The summed E-state index contributed by atoms with van der Waals surface area (Å²) in [5, 5.41) is 0. The first kappa shape index (κ1) is 17.2. The third-order valence-electron chi connectivity index (χ3n) is 4.31. The molecule has 10 heteroatoms. The fourth-order valence-electron chi connectivity index (χ4n) is 3.03. The van der Waals surface area contributed by atoms with Crippen LogP contribution in [0.25, 0.3) is 11.2 Å². The molecule has 1 fully saturated rings. The lowest BCUT2D eigenvalue weighted by atomic mass is 10.4. The zero-order valence-electron chi connectivity index (χ0n) is 14.6. The Hall–Kier alpha value is -2.62. The average molecular weight is 352 g/mol. The van der Waals surface area contributed by atoms with E-state index in [1.54, 1.807) is 25.6 Å². The van der Waals surface area contributed by atoms with Gasteiger partial charge < -0.3 is 9.47 Å². The molecule has 25 heavy (non-hydrogen) atoms. The molecule has 0 bridgehead atoms. The van der Waals surface area contributed by atoms with Crippen molar-refractivity contribution in [1.82, 2.24) is 14.1 Å². The number of nitrogens with one attached hydrogen (secondary N) is 1. The zero-order valence-corrected chi connectivity index (χ0v) is 14.6. The molecule has 3 rings (SSSR count). The molecule has 0 atom stereocenters.